The Labute approximate surface area is 119 Å². The van der Waals surface area contributed by atoms with Crippen molar-refractivity contribution in [2.45, 2.75) is 38.8 Å². The third-order valence-corrected chi connectivity index (χ3v) is 3.03. The summed E-state index contributed by atoms with van der Waals surface area (Å²) in [6.07, 6.45) is 0.656. The van der Waals surface area contributed by atoms with E-state index < -0.39 is 0 Å². The van der Waals surface area contributed by atoms with Crippen LogP contribution in [0.25, 0.3) is 0 Å². The van der Waals surface area contributed by atoms with Crippen LogP contribution in [-0.2, 0) is 16.0 Å². The van der Waals surface area contributed by atoms with Crippen molar-refractivity contribution in [1.82, 2.24) is 10.6 Å². The Bertz CT molecular complexity index is 495. The molecule has 1 aromatic carbocycles. The van der Waals surface area contributed by atoms with E-state index in [1.165, 1.54) is 0 Å². The fourth-order valence-electron chi connectivity index (χ4n) is 2.21. The lowest BCUT2D eigenvalue weighted by atomic mass is 10.1. The Kier molecular flexibility index (Phi) is 3.97. The number of carbonyl (C=O) groups excluding carboxylic acids is 2. The maximum Gasteiger partial charge on any atom is 0.243 e. The highest BCUT2D eigenvalue weighted by atomic mass is 16.2. The van der Waals surface area contributed by atoms with Gasteiger partial charge in [0.05, 0.1) is 6.54 Å². The number of anilines is 1. The van der Waals surface area contributed by atoms with E-state index in [1.54, 1.807) is 0 Å². The molecule has 3 N–H and O–H groups in total. The van der Waals surface area contributed by atoms with Gasteiger partial charge in [0.15, 0.2) is 0 Å². The minimum atomic E-state index is -0.296. The lowest BCUT2D eigenvalue weighted by molar-refractivity contribution is -0.127. The molecule has 1 unspecified atom stereocenters. The van der Waals surface area contributed by atoms with Crippen LogP contribution in [0, 0.1) is 0 Å². The summed E-state index contributed by atoms with van der Waals surface area (Å²) >= 11 is 0. The summed E-state index contributed by atoms with van der Waals surface area (Å²) in [5, 5.41) is 8.64. The van der Waals surface area contributed by atoms with Gasteiger partial charge in [0.2, 0.25) is 11.8 Å². The molecule has 0 aromatic heterocycles. The summed E-state index contributed by atoms with van der Waals surface area (Å²) in [5.74, 6) is -0.327. The topological polar surface area (TPSA) is 70.2 Å². The molecule has 1 aromatic rings. The molecule has 0 fully saturated rings. The van der Waals surface area contributed by atoms with Crippen LogP contribution < -0.4 is 16.0 Å². The van der Waals surface area contributed by atoms with Crippen molar-refractivity contribution in [3.05, 3.63) is 29.8 Å². The zero-order valence-electron chi connectivity index (χ0n) is 12.1. The van der Waals surface area contributed by atoms with E-state index in [0.29, 0.717) is 6.42 Å². The molecule has 1 aliphatic rings. The van der Waals surface area contributed by atoms with Crippen LogP contribution in [0.15, 0.2) is 24.3 Å². The number of fused-ring (bicyclic) bond motifs is 1. The van der Waals surface area contributed by atoms with Crippen LogP contribution in [0.5, 0.6) is 0 Å². The fraction of sp³-hybridized carbons (Fsp3) is 0.467. The summed E-state index contributed by atoms with van der Waals surface area (Å²) < 4.78 is 0. The number of benzene rings is 1. The lowest BCUT2D eigenvalue weighted by Gasteiger charge is -2.21. The first-order valence-corrected chi connectivity index (χ1v) is 6.78. The van der Waals surface area contributed by atoms with Crippen molar-refractivity contribution >= 4 is 17.5 Å². The van der Waals surface area contributed by atoms with Gasteiger partial charge in [-0.3, -0.25) is 9.59 Å². The molecule has 1 heterocycles. The van der Waals surface area contributed by atoms with Crippen molar-refractivity contribution in [3.8, 4) is 0 Å². The van der Waals surface area contributed by atoms with Gasteiger partial charge in [0.1, 0.15) is 6.04 Å². The molecule has 0 spiro atoms. The van der Waals surface area contributed by atoms with Crippen LogP contribution in [0.3, 0.4) is 0 Å². The van der Waals surface area contributed by atoms with E-state index in [1.807, 2.05) is 45.0 Å². The predicted octanol–water partition coefficient (Wildman–Crippen LogP) is 1.05. The van der Waals surface area contributed by atoms with Gasteiger partial charge in [-0.2, -0.15) is 0 Å². The van der Waals surface area contributed by atoms with E-state index in [0.717, 1.165) is 11.3 Å². The Balaban J connectivity index is 1.81. The van der Waals surface area contributed by atoms with E-state index in [2.05, 4.69) is 16.0 Å². The van der Waals surface area contributed by atoms with Crippen LogP contribution >= 0.6 is 0 Å². The molecule has 5 nitrogen and oxygen atoms in total. The van der Waals surface area contributed by atoms with Gasteiger partial charge in [-0.15, -0.1) is 0 Å². The quantitative estimate of drug-likeness (QED) is 0.772. The van der Waals surface area contributed by atoms with Crippen molar-refractivity contribution in [2.75, 3.05) is 11.9 Å². The predicted molar refractivity (Wildman–Crippen MR) is 78.5 cm³/mol. The SMILES string of the molecule is CC(C)(C)NC(=O)CNC(=O)C1Cc2ccccc2N1. The number of para-hydroxylation sites is 1. The molecule has 0 saturated heterocycles. The first kappa shape index (κ1) is 14.4. The maximum atomic E-state index is 12.0. The molecule has 2 amide bonds. The van der Waals surface area contributed by atoms with Crippen LogP contribution in [0.1, 0.15) is 26.3 Å². The molecule has 0 aliphatic carbocycles. The van der Waals surface area contributed by atoms with Crippen molar-refractivity contribution in [1.29, 1.82) is 0 Å². The van der Waals surface area contributed by atoms with Gasteiger partial charge in [-0.1, -0.05) is 18.2 Å². The average molecular weight is 275 g/mol. The van der Waals surface area contributed by atoms with Gasteiger partial charge < -0.3 is 16.0 Å². The molecule has 0 saturated carbocycles. The standard InChI is InChI=1S/C15H21N3O2/c1-15(2,3)18-13(19)9-16-14(20)12-8-10-6-4-5-7-11(10)17-12/h4-7,12,17H,8-9H2,1-3H3,(H,16,20)(H,18,19). The summed E-state index contributed by atoms with van der Waals surface area (Å²) in [4.78, 5) is 23.7. The van der Waals surface area contributed by atoms with Crippen molar-refractivity contribution in [2.24, 2.45) is 0 Å². The van der Waals surface area contributed by atoms with Crippen LogP contribution in [0.2, 0.25) is 0 Å². The second kappa shape index (κ2) is 5.53. The molecule has 0 bridgehead atoms. The molecule has 1 atom stereocenters. The normalized spacial score (nSPS) is 17.1. The minimum absolute atomic E-state index is 0.00459. The number of nitrogens with one attached hydrogen (secondary N) is 3. The van der Waals surface area contributed by atoms with Crippen molar-refractivity contribution < 1.29 is 9.59 Å². The lowest BCUT2D eigenvalue weighted by Crippen LogP contribution is -2.48. The minimum Gasteiger partial charge on any atom is -0.373 e. The van der Waals surface area contributed by atoms with E-state index >= 15 is 0 Å². The molecule has 108 valence electrons. The molecule has 0 radical (unpaired) electrons. The maximum absolute atomic E-state index is 12.0. The van der Waals surface area contributed by atoms with Gasteiger partial charge in [-0.05, 0) is 32.4 Å². The van der Waals surface area contributed by atoms with Gasteiger partial charge in [0, 0.05) is 17.6 Å². The average Bonchev–Trinajstić information content (AvgIpc) is 2.77. The monoisotopic (exact) mass is 275 g/mol. The molecule has 20 heavy (non-hydrogen) atoms. The Hall–Kier alpha value is -2.04. The highest BCUT2D eigenvalue weighted by Crippen LogP contribution is 2.24. The smallest absolute Gasteiger partial charge is 0.243 e. The highest BCUT2D eigenvalue weighted by molar-refractivity contribution is 5.90. The second-order valence-electron chi connectivity index (χ2n) is 6.07. The molecular formula is C15H21N3O2. The third-order valence-electron chi connectivity index (χ3n) is 3.03. The van der Waals surface area contributed by atoms with Gasteiger partial charge in [-0.25, -0.2) is 0 Å². The first-order valence-electron chi connectivity index (χ1n) is 6.78. The highest BCUT2D eigenvalue weighted by Gasteiger charge is 2.26. The Morgan fingerprint density at radius 1 is 1.30 bits per heavy atom. The Morgan fingerprint density at radius 2 is 2.00 bits per heavy atom. The molecule has 2 rings (SSSR count). The van der Waals surface area contributed by atoms with E-state index in [-0.39, 0.29) is 29.9 Å². The zero-order chi connectivity index (χ0) is 14.8. The number of carbonyl (C=O) groups is 2. The van der Waals surface area contributed by atoms with Gasteiger partial charge >= 0.3 is 0 Å². The first-order chi connectivity index (χ1) is 9.35. The van der Waals surface area contributed by atoms with Crippen molar-refractivity contribution in [3.63, 3.8) is 0 Å². The summed E-state index contributed by atoms with van der Waals surface area (Å²) in [7, 11) is 0. The number of amides is 2. The second-order valence-corrected chi connectivity index (χ2v) is 6.07. The van der Waals surface area contributed by atoms with E-state index in [4.69, 9.17) is 0 Å². The summed E-state index contributed by atoms with van der Waals surface area (Å²) in [5.41, 5.74) is 1.84. The Morgan fingerprint density at radius 3 is 2.65 bits per heavy atom. The summed E-state index contributed by atoms with van der Waals surface area (Å²) in [6.45, 7) is 5.72. The number of rotatable bonds is 3. The number of hydrogen-bond acceptors (Lipinski definition) is 3. The fourth-order valence-corrected chi connectivity index (χ4v) is 2.21. The van der Waals surface area contributed by atoms with Crippen LogP contribution in [0.4, 0.5) is 5.69 Å². The largest absolute Gasteiger partial charge is 0.373 e. The molecular weight excluding hydrogens is 254 g/mol. The zero-order valence-corrected chi connectivity index (χ0v) is 12.1. The van der Waals surface area contributed by atoms with Crippen LogP contribution in [-0.4, -0.2) is 29.9 Å². The third kappa shape index (κ3) is 3.73. The molecule has 1 aliphatic heterocycles. The number of hydrogen-bond donors (Lipinski definition) is 3. The van der Waals surface area contributed by atoms with Gasteiger partial charge in [0.25, 0.3) is 0 Å². The molecule has 5 heteroatoms. The van der Waals surface area contributed by atoms with E-state index in [9.17, 15) is 9.59 Å². The summed E-state index contributed by atoms with van der Waals surface area (Å²) in [6, 6.07) is 7.55.